The highest BCUT2D eigenvalue weighted by Gasteiger charge is 2.56. The fourth-order valence-corrected chi connectivity index (χ4v) is 13.4. The first-order valence-electron chi connectivity index (χ1n) is 31.2. The third-order valence-corrected chi connectivity index (χ3v) is 17.2. The molecule has 0 fully saturated rings. The largest absolute Gasteiger partial charge is 0.455 e. The Labute approximate surface area is 507 Å². The van der Waals surface area contributed by atoms with E-state index in [9.17, 15) is 5.48 Å². The lowest BCUT2D eigenvalue weighted by Crippen LogP contribution is -2.26. The first kappa shape index (κ1) is 46.2. The van der Waals surface area contributed by atoms with E-state index in [4.69, 9.17) is 4.42 Å². The second-order valence-electron chi connectivity index (χ2n) is 22.0. The molecular weight excluding hydrogens is 1040 g/mol. The molecule has 16 rings (SSSR count). The number of hydrogen-bond acceptors (Lipinski definition) is 3. The van der Waals surface area contributed by atoms with Crippen LogP contribution in [0.15, 0.2) is 344 Å². The predicted molar refractivity (Wildman–Crippen MR) is 357 cm³/mol. The number of fused-ring (bicyclic) bond motifs is 10. The summed E-state index contributed by atoms with van der Waals surface area (Å²) in [6.45, 7) is 0. The minimum atomic E-state index is -1.30. The fraction of sp³-hybridized carbons (Fsp3) is 0.0120. The molecule has 0 amide bonds. The minimum Gasteiger partial charge on any atom is -0.455 e. The van der Waals surface area contributed by atoms with Crippen molar-refractivity contribution in [1.29, 1.82) is 0 Å². The maximum Gasteiger partial charge on any atom is 0.143 e. The lowest BCUT2D eigenvalue weighted by Gasteiger charge is -2.31. The van der Waals surface area contributed by atoms with Gasteiger partial charge in [-0.15, -0.1) is 0 Å². The minimum absolute atomic E-state index is 0.0773. The standard InChI is InChI=1S/C83H56N2O/c1-7-22-57(23-8-1)59-38-47-68(48-39-59)84(66-30-15-5-16-31-66)70-51-42-61(43-52-70)65-46-55-74-73-34-19-20-36-75(73)83(77(74)56-65)76-37-21-35-72(78(76)79-80(83)82(64-28-13-4-14-29-64)86-81(79)63-26-11-3-12-27-63)62-44-53-71(54-45-62)85(67-32-17-6-18-33-67)69-49-40-60(41-50-69)58-24-9-2-10-25-58/h1-56H/i19D,20D,34D,36D. The Balaban J connectivity index is 0.895. The fourth-order valence-electron chi connectivity index (χ4n) is 13.4. The maximum absolute atomic E-state index is 10.2. The molecule has 3 nitrogen and oxygen atoms in total. The molecule has 1 unspecified atom stereocenters. The third kappa shape index (κ3) is 8.43. The molecule has 13 aromatic carbocycles. The van der Waals surface area contributed by atoms with Crippen LogP contribution in [0.2, 0.25) is 0 Å². The van der Waals surface area contributed by atoms with Crippen molar-refractivity contribution in [2.75, 3.05) is 9.80 Å². The smallest absolute Gasteiger partial charge is 0.143 e. The van der Waals surface area contributed by atoms with E-state index in [0.29, 0.717) is 22.6 Å². The van der Waals surface area contributed by atoms with E-state index in [0.717, 1.165) is 123 Å². The zero-order chi connectivity index (χ0) is 60.5. The van der Waals surface area contributed by atoms with Crippen LogP contribution >= 0.6 is 0 Å². The molecule has 2 aliphatic carbocycles. The number of nitrogens with zero attached hydrogens (tertiary/aromatic N) is 2. The topological polar surface area (TPSA) is 19.6 Å². The van der Waals surface area contributed by atoms with Gasteiger partial charge in [-0.2, -0.15) is 0 Å². The molecule has 2 aliphatic rings. The van der Waals surface area contributed by atoms with Crippen LogP contribution in [-0.2, 0) is 5.41 Å². The predicted octanol–water partition coefficient (Wildman–Crippen LogP) is 22.6. The third-order valence-electron chi connectivity index (χ3n) is 17.2. The number of para-hydroxylation sites is 2. The normalized spacial score (nSPS) is 14.0. The first-order valence-corrected chi connectivity index (χ1v) is 29.2. The van der Waals surface area contributed by atoms with Crippen molar-refractivity contribution in [3.05, 3.63) is 362 Å². The van der Waals surface area contributed by atoms with Crippen LogP contribution in [-0.4, -0.2) is 0 Å². The van der Waals surface area contributed by atoms with Gasteiger partial charge < -0.3 is 14.2 Å². The molecule has 0 bridgehead atoms. The number of furan rings is 1. The molecule has 14 aromatic rings. The summed E-state index contributed by atoms with van der Waals surface area (Å²) in [6.07, 6.45) is 0. The van der Waals surface area contributed by atoms with Crippen molar-refractivity contribution in [3.8, 4) is 89.4 Å². The van der Waals surface area contributed by atoms with E-state index in [1.807, 2.05) is 60.7 Å². The van der Waals surface area contributed by atoms with Gasteiger partial charge in [0.1, 0.15) is 11.5 Å². The highest BCUT2D eigenvalue weighted by Crippen LogP contribution is 2.68. The second kappa shape index (κ2) is 21.2. The Morgan fingerprint density at radius 2 is 0.640 bits per heavy atom. The van der Waals surface area contributed by atoms with E-state index >= 15 is 0 Å². The second-order valence-corrected chi connectivity index (χ2v) is 22.0. The van der Waals surface area contributed by atoms with E-state index in [2.05, 4.69) is 265 Å². The van der Waals surface area contributed by atoms with Crippen molar-refractivity contribution >= 4 is 34.1 Å². The summed E-state index contributed by atoms with van der Waals surface area (Å²) in [4.78, 5) is 4.56. The molecule has 86 heavy (non-hydrogen) atoms. The molecule has 1 heterocycles. The van der Waals surface area contributed by atoms with E-state index < -0.39 is 5.41 Å². The molecule has 1 spiro atoms. The average molecular weight is 1100 g/mol. The Bertz CT molecular complexity index is 4990. The first-order chi connectivity index (χ1) is 44.3. The van der Waals surface area contributed by atoms with Gasteiger partial charge in [0.05, 0.1) is 10.9 Å². The molecule has 3 heteroatoms. The van der Waals surface area contributed by atoms with E-state index in [1.165, 1.54) is 0 Å². The Morgan fingerprint density at radius 3 is 1.13 bits per heavy atom. The van der Waals surface area contributed by atoms with Crippen LogP contribution in [0.25, 0.3) is 89.4 Å². The summed E-state index contributed by atoms with van der Waals surface area (Å²) < 4.78 is 46.4. The van der Waals surface area contributed by atoms with Crippen LogP contribution in [0.1, 0.15) is 27.7 Å². The van der Waals surface area contributed by atoms with Crippen molar-refractivity contribution in [2.45, 2.75) is 5.41 Å². The van der Waals surface area contributed by atoms with Crippen LogP contribution in [0.4, 0.5) is 34.1 Å². The molecule has 1 aromatic heterocycles. The van der Waals surface area contributed by atoms with E-state index in [-0.39, 0.29) is 24.2 Å². The Kier molecular flexibility index (Phi) is 11.4. The van der Waals surface area contributed by atoms with Gasteiger partial charge in [-0.25, -0.2) is 0 Å². The Hall–Kier alpha value is -11.3. The highest BCUT2D eigenvalue weighted by molar-refractivity contribution is 6.07. The molecule has 1 atom stereocenters. The van der Waals surface area contributed by atoms with Gasteiger partial charge in [-0.05, 0) is 157 Å². The van der Waals surface area contributed by atoms with Crippen molar-refractivity contribution in [2.24, 2.45) is 0 Å². The molecular formula is C83H56N2O. The van der Waals surface area contributed by atoms with Gasteiger partial charge >= 0.3 is 0 Å². The summed E-state index contributed by atoms with van der Waals surface area (Å²) in [5.74, 6) is 1.32. The van der Waals surface area contributed by atoms with Gasteiger partial charge in [0.2, 0.25) is 0 Å². The summed E-state index contributed by atoms with van der Waals surface area (Å²) in [5.41, 5.74) is 21.2. The van der Waals surface area contributed by atoms with Gasteiger partial charge in [-0.3, -0.25) is 0 Å². The molecule has 0 aliphatic heterocycles. The molecule has 0 saturated heterocycles. The van der Waals surface area contributed by atoms with Crippen LogP contribution < -0.4 is 9.80 Å². The molecule has 0 saturated carbocycles. The molecule has 404 valence electrons. The molecule has 0 N–H and O–H groups in total. The van der Waals surface area contributed by atoms with Crippen LogP contribution in [0, 0.1) is 0 Å². The van der Waals surface area contributed by atoms with Gasteiger partial charge in [0.25, 0.3) is 0 Å². The van der Waals surface area contributed by atoms with Crippen molar-refractivity contribution < 1.29 is 9.90 Å². The highest BCUT2D eigenvalue weighted by atomic mass is 16.3. The lowest BCUT2D eigenvalue weighted by molar-refractivity contribution is 0.588. The van der Waals surface area contributed by atoms with Crippen LogP contribution in [0.3, 0.4) is 0 Å². The Morgan fingerprint density at radius 1 is 0.256 bits per heavy atom. The zero-order valence-electron chi connectivity index (χ0n) is 50.8. The number of hydrogen-bond donors (Lipinski definition) is 0. The monoisotopic (exact) mass is 1100 g/mol. The summed E-state index contributed by atoms with van der Waals surface area (Å²) in [5, 5.41) is 0. The maximum atomic E-state index is 10.2. The molecule has 0 radical (unpaired) electrons. The number of rotatable bonds is 12. The van der Waals surface area contributed by atoms with Gasteiger partial charge in [0.15, 0.2) is 0 Å². The van der Waals surface area contributed by atoms with Crippen molar-refractivity contribution in [3.63, 3.8) is 0 Å². The summed E-state index contributed by atoms with van der Waals surface area (Å²) >= 11 is 0. The lowest BCUT2D eigenvalue weighted by atomic mass is 9.69. The summed E-state index contributed by atoms with van der Waals surface area (Å²) in [6, 6.07) is 109. The van der Waals surface area contributed by atoms with Crippen LogP contribution in [0.5, 0.6) is 0 Å². The van der Waals surface area contributed by atoms with E-state index in [1.54, 1.807) is 0 Å². The summed E-state index contributed by atoms with van der Waals surface area (Å²) in [7, 11) is 0. The van der Waals surface area contributed by atoms with Gasteiger partial charge in [-0.1, -0.05) is 261 Å². The zero-order valence-corrected chi connectivity index (χ0v) is 46.8. The average Bonchev–Trinajstić information content (AvgIpc) is 1.49. The number of anilines is 6. The quantitative estimate of drug-likeness (QED) is 0.122. The van der Waals surface area contributed by atoms with Crippen molar-refractivity contribution in [1.82, 2.24) is 0 Å². The number of benzene rings is 13. The SMILES string of the molecule is [2H]c1c([2H])c([2H])c2c(c1[2H])-c1ccc(-c3ccc(N(c4ccccc4)c4ccc(-c5ccccc5)cc4)cc3)cc1C21c2cccc(-c3ccc(N(c4ccccc4)c4ccc(-c5ccccc5)cc4)cc3)c2-c2c(-c3ccccc3)oc(-c3ccccc3)c21. The van der Waals surface area contributed by atoms with Gasteiger partial charge in [0, 0.05) is 56.4 Å².